The summed E-state index contributed by atoms with van der Waals surface area (Å²) in [6, 6.07) is 1.39. The third-order valence-electron chi connectivity index (χ3n) is 4.00. The highest BCUT2D eigenvalue weighted by Crippen LogP contribution is 2.20. The molecule has 1 unspecified atom stereocenters. The van der Waals surface area contributed by atoms with Gasteiger partial charge in [0, 0.05) is 49.4 Å². The number of nitrogens with one attached hydrogen (secondary N) is 3. The fraction of sp³-hybridized carbons (Fsp3) is 0.312. The third kappa shape index (κ3) is 4.81. The summed E-state index contributed by atoms with van der Waals surface area (Å²) in [4.78, 5) is 32.7. The monoisotopic (exact) mass is 427 g/mol. The Bertz CT molecular complexity index is 871. The molecule has 0 aliphatic carbocycles. The maximum Gasteiger partial charge on any atom is 0.243 e. The highest BCUT2D eigenvalue weighted by molar-refractivity contribution is 7.13. The van der Waals surface area contributed by atoms with E-state index in [1.165, 1.54) is 11.3 Å². The molecule has 11 heteroatoms. The van der Waals surface area contributed by atoms with E-state index in [-0.39, 0.29) is 30.7 Å². The van der Waals surface area contributed by atoms with E-state index in [2.05, 4.69) is 35.6 Å². The summed E-state index contributed by atoms with van der Waals surface area (Å²) in [5.74, 6) is 0.565. The van der Waals surface area contributed by atoms with E-state index in [0.717, 1.165) is 35.1 Å². The Morgan fingerprint density at radius 2 is 2.07 bits per heavy atom. The molecule has 4 rings (SSSR count). The van der Waals surface area contributed by atoms with Crippen LogP contribution in [0.1, 0.15) is 23.1 Å². The third-order valence-corrected chi connectivity index (χ3v) is 4.89. The van der Waals surface area contributed by atoms with Gasteiger partial charge in [0.1, 0.15) is 6.04 Å². The maximum atomic E-state index is 12.4. The van der Waals surface area contributed by atoms with Crippen molar-refractivity contribution >= 4 is 42.1 Å². The SMILES string of the molecule is Cl.Cl.O=C(NCCc1csc(-c2ncccn2)n1)C1NCCc2[nH]cnc21. The first-order chi connectivity index (χ1) is 12.3. The normalized spacial score (nSPS) is 15.2. The van der Waals surface area contributed by atoms with E-state index in [1.807, 2.05) is 5.38 Å². The minimum atomic E-state index is -0.390. The molecule has 0 saturated carbocycles. The van der Waals surface area contributed by atoms with Crippen LogP contribution in [-0.2, 0) is 17.6 Å². The number of fused-ring (bicyclic) bond motifs is 1. The second-order valence-corrected chi connectivity index (χ2v) is 6.52. The number of hydrogen-bond donors (Lipinski definition) is 3. The van der Waals surface area contributed by atoms with Gasteiger partial charge in [-0.25, -0.2) is 19.9 Å². The molecular weight excluding hydrogens is 409 g/mol. The molecule has 0 aromatic carbocycles. The fourth-order valence-corrected chi connectivity index (χ4v) is 3.58. The van der Waals surface area contributed by atoms with Gasteiger partial charge in [0.15, 0.2) is 10.8 Å². The summed E-state index contributed by atoms with van der Waals surface area (Å²) in [6.45, 7) is 1.29. The zero-order chi connectivity index (χ0) is 17.1. The van der Waals surface area contributed by atoms with Crippen LogP contribution in [0.5, 0.6) is 0 Å². The molecule has 3 aromatic heterocycles. The minimum absolute atomic E-state index is 0. The van der Waals surface area contributed by atoms with Gasteiger partial charge < -0.3 is 15.6 Å². The minimum Gasteiger partial charge on any atom is -0.354 e. The zero-order valence-corrected chi connectivity index (χ0v) is 16.7. The lowest BCUT2D eigenvalue weighted by atomic mass is 10.1. The van der Waals surface area contributed by atoms with Crippen LogP contribution in [-0.4, -0.2) is 43.9 Å². The summed E-state index contributed by atoms with van der Waals surface area (Å²) >= 11 is 1.51. The Morgan fingerprint density at radius 1 is 1.26 bits per heavy atom. The van der Waals surface area contributed by atoms with Gasteiger partial charge in [-0.2, -0.15) is 0 Å². The van der Waals surface area contributed by atoms with Crippen molar-refractivity contribution in [2.24, 2.45) is 0 Å². The van der Waals surface area contributed by atoms with E-state index >= 15 is 0 Å². The predicted molar refractivity (Wildman–Crippen MR) is 107 cm³/mol. The van der Waals surface area contributed by atoms with Gasteiger partial charge >= 0.3 is 0 Å². The molecule has 0 spiro atoms. The Labute approximate surface area is 172 Å². The summed E-state index contributed by atoms with van der Waals surface area (Å²) in [6.07, 6.45) is 6.56. The van der Waals surface area contributed by atoms with Gasteiger partial charge in [0.25, 0.3) is 0 Å². The number of rotatable bonds is 5. The number of aromatic amines is 1. The summed E-state index contributed by atoms with van der Waals surface area (Å²) in [5.41, 5.74) is 2.75. The molecule has 4 heterocycles. The smallest absolute Gasteiger partial charge is 0.243 e. The van der Waals surface area contributed by atoms with Crippen molar-refractivity contribution in [3.8, 4) is 10.8 Å². The van der Waals surface area contributed by atoms with Gasteiger partial charge in [-0.1, -0.05) is 0 Å². The average Bonchev–Trinajstić information content (AvgIpc) is 3.31. The lowest BCUT2D eigenvalue weighted by Gasteiger charge is -2.22. The largest absolute Gasteiger partial charge is 0.354 e. The summed E-state index contributed by atoms with van der Waals surface area (Å²) < 4.78 is 0. The second kappa shape index (κ2) is 9.75. The number of hydrogen-bond acceptors (Lipinski definition) is 7. The van der Waals surface area contributed by atoms with E-state index in [9.17, 15) is 4.79 Å². The molecule has 1 amide bonds. The van der Waals surface area contributed by atoms with E-state index in [1.54, 1.807) is 24.8 Å². The lowest BCUT2D eigenvalue weighted by Crippen LogP contribution is -2.42. The molecule has 8 nitrogen and oxygen atoms in total. The van der Waals surface area contributed by atoms with Gasteiger partial charge in [-0.3, -0.25) is 4.79 Å². The Balaban J connectivity index is 0.00000131. The van der Waals surface area contributed by atoms with Gasteiger partial charge in [0.05, 0.1) is 17.7 Å². The van der Waals surface area contributed by atoms with Crippen molar-refractivity contribution < 1.29 is 4.79 Å². The molecule has 0 radical (unpaired) electrons. The van der Waals surface area contributed by atoms with Crippen LogP contribution in [0.2, 0.25) is 0 Å². The number of aromatic nitrogens is 5. The molecule has 3 N–H and O–H groups in total. The van der Waals surface area contributed by atoms with Crippen molar-refractivity contribution in [1.82, 2.24) is 35.6 Å². The average molecular weight is 428 g/mol. The van der Waals surface area contributed by atoms with Crippen LogP contribution in [0.25, 0.3) is 10.8 Å². The fourth-order valence-electron chi connectivity index (χ4n) is 2.79. The number of imidazole rings is 1. The molecule has 1 atom stereocenters. The van der Waals surface area contributed by atoms with Crippen molar-refractivity contribution in [3.63, 3.8) is 0 Å². The number of nitrogens with zero attached hydrogens (tertiary/aromatic N) is 4. The number of thiazole rings is 1. The first-order valence-corrected chi connectivity index (χ1v) is 8.94. The summed E-state index contributed by atoms with van der Waals surface area (Å²) in [5, 5.41) is 8.93. The first-order valence-electron chi connectivity index (χ1n) is 8.06. The predicted octanol–water partition coefficient (Wildman–Crippen LogP) is 1.71. The van der Waals surface area contributed by atoms with Gasteiger partial charge in [-0.15, -0.1) is 36.2 Å². The molecule has 1 aliphatic rings. The standard InChI is InChI=1S/C16H17N7OS.2ClH/c24-15(13-12-11(3-7-17-13)21-9-22-12)20-6-2-10-8-25-16(23-10)14-18-4-1-5-19-14;;/h1,4-5,8-9,13,17H,2-3,6-7H2,(H,20,24)(H,21,22);2*1H. The topological polar surface area (TPSA) is 108 Å². The first kappa shape index (κ1) is 21.2. The van der Waals surface area contributed by atoms with Crippen LogP contribution >= 0.6 is 36.2 Å². The molecule has 27 heavy (non-hydrogen) atoms. The molecule has 144 valence electrons. The van der Waals surface area contributed by atoms with Crippen LogP contribution < -0.4 is 10.6 Å². The number of carbonyl (C=O) groups excluding carboxylic acids is 1. The van der Waals surface area contributed by atoms with Crippen molar-refractivity contribution in [3.05, 3.63) is 47.2 Å². The van der Waals surface area contributed by atoms with Gasteiger partial charge in [-0.05, 0) is 6.07 Å². The highest BCUT2D eigenvalue weighted by atomic mass is 35.5. The zero-order valence-electron chi connectivity index (χ0n) is 14.2. The number of carbonyl (C=O) groups is 1. The Kier molecular flexibility index (Phi) is 7.66. The van der Waals surface area contributed by atoms with Crippen LogP contribution in [0, 0.1) is 0 Å². The van der Waals surface area contributed by atoms with E-state index < -0.39 is 6.04 Å². The molecular formula is C16H19Cl2N7OS. The Hall–Kier alpha value is -2.07. The van der Waals surface area contributed by atoms with E-state index in [0.29, 0.717) is 18.8 Å². The number of amides is 1. The van der Waals surface area contributed by atoms with Gasteiger partial charge in [0.2, 0.25) is 5.91 Å². The summed E-state index contributed by atoms with van der Waals surface area (Å²) in [7, 11) is 0. The van der Waals surface area contributed by atoms with Crippen LogP contribution in [0.3, 0.4) is 0 Å². The molecule has 0 fully saturated rings. The van der Waals surface area contributed by atoms with Crippen molar-refractivity contribution in [1.29, 1.82) is 0 Å². The molecule has 0 saturated heterocycles. The van der Waals surface area contributed by atoms with E-state index in [4.69, 9.17) is 0 Å². The molecule has 0 bridgehead atoms. The number of halogens is 2. The van der Waals surface area contributed by atoms with Crippen LogP contribution in [0.4, 0.5) is 0 Å². The quantitative estimate of drug-likeness (QED) is 0.571. The Morgan fingerprint density at radius 3 is 2.89 bits per heavy atom. The molecule has 1 aliphatic heterocycles. The highest BCUT2D eigenvalue weighted by Gasteiger charge is 2.28. The maximum absolute atomic E-state index is 12.4. The lowest BCUT2D eigenvalue weighted by molar-refractivity contribution is -0.123. The second-order valence-electron chi connectivity index (χ2n) is 5.66. The van der Waals surface area contributed by atoms with Crippen molar-refractivity contribution in [2.45, 2.75) is 18.9 Å². The molecule has 3 aromatic rings. The van der Waals surface area contributed by atoms with Crippen LogP contribution in [0.15, 0.2) is 30.2 Å². The number of H-pyrrole nitrogens is 1. The van der Waals surface area contributed by atoms with Crippen molar-refractivity contribution in [2.75, 3.05) is 13.1 Å².